The predicted octanol–water partition coefficient (Wildman–Crippen LogP) is 15.2. The fourth-order valence-corrected chi connectivity index (χ4v) is 8.09. The van der Waals surface area contributed by atoms with Crippen molar-refractivity contribution in [2.45, 2.75) is 6.92 Å². The lowest BCUT2D eigenvalue weighted by atomic mass is 9.78. The highest BCUT2D eigenvalue weighted by molar-refractivity contribution is 6.07. The highest BCUT2D eigenvalue weighted by Gasteiger charge is 2.24. The Labute approximate surface area is 341 Å². The molecule has 1 aromatic heterocycles. The molecule has 58 heavy (non-hydrogen) atoms. The number of rotatable bonds is 10. The van der Waals surface area contributed by atoms with Gasteiger partial charge in [-0.1, -0.05) is 195 Å². The maximum Gasteiger partial charge on any atom is 0.145 e. The van der Waals surface area contributed by atoms with Gasteiger partial charge >= 0.3 is 0 Å². The molecule has 0 amide bonds. The van der Waals surface area contributed by atoms with Crippen molar-refractivity contribution < 1.29 is 0 Å². The van der Waals surface area contributed by atoms with Crippen LogP contribution in [0.4, 0.5) is 0 Å². The van der Waals surface area contributed by atoms with Crippen LogP contribution >= 0.6 is 0 Å². The number of benzene rings is 8. The number of hydrogen-bond acceptors (Lipinski definition) is 1. The summed E-state index contributed by atoms with van der Waals surface area (Å²) in [5, 5.41) is 0. The summed E-state index contributed by atoms with van der Waals surface area (Å²) in [5.74, 6) is 0.877. The normalized spacial score (nSPS) is 11.2. The van der Waals surface area contributed by atoms with Gasteiger partial charge in [-0.05, 0) is 110 Å². The molecule has 8 aromatic carbocycles. The number of para-hydroxylation sites is 1. The van der Waals surface area contributed by atoms with Crippen molar-refractivity contribution in [2.75, 3.05) is 0 Å². The summed E-state index contributed by atoms with van der Waals surface area (Å²) < 4.78 is 2.21. The van der Waals surface area contributed by atoms with E-state index in [0.29, 0.717) is 0 Å². The number of aromatic nitrogens is 2. The van der Waals surface area contributed by atoms with Crippen molar-refractivity contribution in [1.29, 1.82) is 0 Å². The molecule has 9 rings (SSSR count). The summed E-state index contributed by atoms with van der Waals surface area (Å²) in [6.45, 7) is 6.11. The lowest BCUT2D eigenvalue weighted by Crippen LogP contribution is -2.00. The third-order valence-corrected chi connectivity index (χ3v) is 10.7. The van der Waals surface area contributed by atoms with Crippen LogP contribution in [-0.4, -0.2) is 9.55 Å². The van der Waals surface area contributed by atoms with Gasteiger partial charge in [0.1, 0.15) is 5.82 Å². The lowest BCUT2D eigenvalue weighted by Gasteiger charge is -2.24. The monoisotopic (exact) mass is 742 g/mol. The first kappa shape index (κ1) is 36.1. The van der Waals surface area contributed by atoms with E-state index in [1.165, 1.54) is 50.1 Å². The van der Waals surface area contributed by atoms with E-state index in [0.717, 1.165) is 45.2 Å². The molecule has 0 atom stereocenters. The van der Waals surface area contributed by atoms with Crippen molar-refractivity contribution in [3.8, 4) is 83.8 Å². The summed E-state index contributed by atoms with van der Waals surface area (Å²) in [4.78, 5) is 5.08. The van der Waals surface area contributed by atoms with Gasteiger partial charge in [-0.25, -0.2) is 4.98 Å². The highest BCUT2D eigenvalue weighted by atomic mass is 15.1. The maximum atomic E-state index is 5.08. The zero-order valence-corrected chi connectivity index (χ0v) is 32.5. The quantitative estimate of drug-likeness (QED) is 0.136. The highest BCUT2D eigenvalue weighted by Crippen LogP contribution is 2.50. The van der Waals surface area contributed by atoms with Crippen molar-refractivity contribution in [3.63, 3.8) is 0 Å². The largest absolute Gasteiger partial charge is 0.292 e. The van der Waals surface area contributed by atoms with E-state index in [4.69, 9.17) is 4.98 Å². The number of allylic oxidation sites excluding steroid dienone is 1. The van der Waals surface area contributed by atoms with Crippen LogP contribution in [0, 0.1) is 0 Å². The zero-order valence-electron chi connectivity index (χ0n) is 32.5. The van der Waals surface area contributed by atoms with Crippen LogP contribution in [0.3, 0.4) is 0 Å². The molecule has 276 valence electrons. The standard InChI is InChI=1S/C56H42N2/c1-3-21-52-51(4-2)57-56(58(52)48-32-18-9-19-33-48)45-36-34-40(35-37-45)46-30-20-31-47(38-46)50-39-49(41-22-10-5-11-23-41)53(42-24-12-6-13-25-42)55(44-28-16-8-17-29-44)54(50)43-26-14-7-15-27-43/h3-39H,2H2,1H3/b21-3-. The Balaban J connectivity index is 1.24. The number of imidazole rings is 1. The van der Waals surface area contributed by atoms with Crippen LogP contribution < -0.4 is 0 Å². The molecule has 0 bridgehead atoms. The van der Waals surface area contributed by atoms with E-state index in [2.05, 4.69) is 217 Å². The van der Waals surface area contributed by atoms with Crippen LogP contribution in [0.2, 0.25) is 0 Å². The first-order valence-corrected chi connectivity index (χ1v) is 19.8. The number of hydrogen-bond donors (Lipinski definition) is 0. The molecule has 9 aromatic rings. The van der Waals surface area contributed by atoms with Gasteiger partial charge in [-0.15, -0.1) is 0 Å². The molecule has 0 radical (unpaired) electrons. The molecule has 0 unspecified atom stereocenters. The molecular formula is C56H42N2. The minimum Gasteiger partial charge on any atom is -0.292 e. The van der Waals surface area contributed by atoms with E-state index < -0.39 is 0 Å². The fraction of sp³-hybridized carbons (Fsp3) is 0.0179. The van der Waals surface area contributed by atoms with Gasteiger partial charge in [0.15, 0.2) is 0 Å². The van der Waals surface area contributed by atoms with E-state index in [9.17, 15) is 0 Å². The molecule has 0 aliphatic heterocycles. The van der Waals surface area contributed by atoms with Gasteiger partial charge in [0.05, 0.1) is 11.4 Å². The summed E-state index contributed by atoms with van der Waals surface area (Å²) in [7, 11) is 0. The van der Waals surface area contributed by atoms with Gasteiger partial charge in [0.2, 0.25) is 0 Å². The predicted molar refractivity (Wildman–Crippen MR) is 246 cm³/mol. The van der Waals surface area contributed by atoms with E-state index in [1.54, 1.807) is 0 Å². The molecular weight excluding hydrogens is 701 g/mol. The lowest BCUT2D eigenvalue weighted by molar-refractivity contribution is 1.05. The van der Waals surface area contributed by atoms with Gasteiger partial charge in [0.25, 0.3) is 0 Å². The summed E-state index contributed by atoms with van der Waals surface area (Å²) >= 11 is 0. The van der Waals surface area contributed by atoms with Gasteiger partial charge in [-0.3, -0.25) is 4.57 Å². The van der Waals surface area contributed by atoms with E-state index in [-0.39, 0.29) is 0 Å². The van der Waals surface area contributed by atoms with E-state index in [1.807, 2.05) is 25.1 Å². The minimum atomic E-state index is 0.853. The fourth-order valence-electron chi connectivity index (χ4n) is 8.09. The second kappa shape index (κ2) is 16.3. The second-order valence-corrected chi connectivity index (χ2v) is 14.3. The van der Waals surface area contributed by atoms with Crippen LogP contribution in [0.25, 0.3) is 96.0 Å². The van der Waals surface area contributed by atoms with Gasteiger partial charge in [0, 0.05) is 11.3 Å². The van der Waals surface area contributed by atoms with Crippen LogP contribution in [-0.2, 0) is 0 Å². The average Bonchev–Trinajstić information content (AvgIpc) is 3.68. The molecule has 2 nitrogen and oxygen atoms in total. The Morgan fingerprint density at radius 3 is 1.40 bits per heavy atom. The summed E-state index contributed by atoms with van der Waals surface area (Å²) in [6, 6.07) is 74.0. The number of nitrogens with zero attached hydrogens (tertiary/aromatic N) is 2. The molecule has 0 spiro atoms. The van der Waals surface area contributed by atoms with Crippen LogP contribution in [0.5, 0.6) is 0 Å². The smallest absolute Gasteiger partial charge is 0.145 e. The second-order valence-electron chi connectivity index (χ2n) is 14.3. The van der Waals surface area contributed by atoms with Crippen molar-refractivity contribution in [3.05, 3.63) is 230 Å². The molecule has 0 N–H and O–H groups in total. The summed E-state index contributed by atoms with van der Waals surface area (Å²) in [5.41, 5.74) is 18.1. The van der Waals surface area contributed by atoms with Crippen LogP contribution in [0.1, 0.15) is 18.3 Å². The van der Waals surface area contributed by atoms with Gasteiger partial charge in [-0.2, -0.15) is 0 Å². The maximum absolute atomic E-state index is 5.08. The SMILES string of the molecule is C=Cc1nc(-c2ccc(-c3cccc(-c4cc(-c5ccccc5)c(-c5ccccc5)c(-c5ccccc5)c4-c4ccccc4)c3)cc2)n(-c2ccccc2)c1/C=C\C. The van der Waals surface area contributed by atoms with Gasteiger partial charge < -0.3 is 0 Å². The van der Waals surface area contributed by atoms with E-state index >= 15 is 0 Å². The Morgan fingerprint density at radius 2 is 0.862 bits per heavy atom. The average molecular weight is 743 g/mol. The first-order chi connectivity index (χ1) is 28.7. The van der Waals surface area contributed by atoms with Crippen molar-refractivity contribution in [2.24, 2.45) is 0 Å². The molecule has 2 heteroatoms. The Kier molecular flexibility index (Phi) is 10.1. The molecule has 1 heterocycles. The molecule has 0 fully saturated rings. The molecule has 0 aliphatic carbocycles. The Bertz CT molecular complexity index is 2850. The van der Waals surface area contributed by atoms with Crippen molar-refractivity contribution >= 4 is 12.2 Å². The first-order valence-electron chi connectivity index (χ1n) is 19.8. The Hall–Kier alpha value is -7.55. The Morgan fingerprint density at radius 1 is 0.414 bits per heavy atom. The topological polar surface area (TPSA) is 17.8 Å². The van der Waals surface area contributed by atoms with Crippen LogP contribution in [0.15, 0.2) is 219 Å². The minimum absolute atomic E-state index is 0.853. The third-order valence-electron chi connectivity index (χ3n) is 10.7. The van der Waals surface area contributed by atoms with Crippen molar-refractivity contribution in [1.82, 2.24) is 9.55 Å². The zero-order chi connectivity index (χ0) is 39.3. The molecule has 0 aliphatic rings. The third kappa shape index (κ3) is 6.93. The molecule has 0 saturated heterocycles. The molecule has 0 saturated carbocycles. The summed E-state index contributed by atoms with van der Waals surface area (Å²) in [6.07, 6.45) is 5.98.